The molecule has 0 aliphatic carbocycles. The molecule has 1 N–H and O–H groups in total. The first kappa shape index (κ1) is 8.80. The summed E-state index contributed by atoms with van der Waals surface area (Å²) in [7, 11) is 1.00. The van der Waals surface area contributed by atoms with Crippen LogP contribution in [0.3, 0.4) is 0 Å². The molecule has 10 heavy (non-hydrogen) atoms. The predicted molar refractivity (Wildman–Crippen MR) is 39.4 cm³/mol. The van der Waals surface area contributed by atoms with E-state index in [1.54, 1.807) is 6.26 Å². The van der Waals surface area contributed by atoms with Crippen LogP contribution in [0, 0.1) is 12.3 Å². The highest BCUT2D eigenvalue weighted by atomic mass is 16.3. The lowest BCUT2D eigenvalue weighted by molar-refractivity contribution is 0.399. The van der Waals surface area contributed by atoms with Gasteiger partial charge in [0.25, 0.3) is 0 Å². The molecule has 54 valence electrons. The van der Waals surface area contributed by atoms with E-state index in [9.17, 15) is 0 Å². The lowest BCUT2D eigenvalue weighted by Gasteiger charge is -1.79. The molecule has 0 aliphatic rings. The van der Waals surface area contributed by atoms with Crippen molar-refractivity contribution in [1.82, 2.24) is 0 Å². The SMILES string of the molecule is C#CCc1ccco1.CO. The summed E-state index contributed by atoms with van der Waals surface area (Å²) < 4.78 is 4.93. The minimum Gasteiger partial charge on any atom is -0.468 e. The first-order chi connectivity index (χ1) is 4.93. The molecular weight excluding hydrogens is 128 g/mol. The Kier molecular flexibility index (Phi) is 5.22. The standard InChI is InChI=1S/C7H6O.CH4O/c1-2-4-7-5-3-6-8-7;1-2/h1,3,5-6H,4H2;2H,1H3. The van der Waals surface area contributed by atoms with Gasteiger partial charge in [0.05, 0.1) is 12.7 Å². The Morgan fingerprint density at radius 3 is 2.80 bits per heavy atom. The number of terminal acetylenes is 1. The van der Waals surface area contributed by atoms with Gasteiger partial charge in [-0.3, -0.25) is 0 Å². The number of hydrogen-bond donors (Lipinski definition) is 1. The fourth-order valence-electron chi connectivity index (χ4n) is 0.514. The third-order valence-electron chi connectivity index (χ3n) is 0.856. The van der Waals surface area contributed by atoms with E-state index in [2.05, 4.69) is 5.92 Å². The molecular formula is C8H10O2. The van der Waals surface area contributed by atoms with Crippen molar-refractivity contribution in [3.63, 3.8) is 0 Å². The van der Waals surface area contributed by atoms with Crippen molar-refractivity contribution in [2.24, 2.45) is 0 Å². The molecule has 0 saturated heterocycles. The summed E-state index contributed by atoms with van der Waals surface area (Å²) in [5.74, 6) is 3.33. The van der Waals surface area contributed by atoms with Crippen LogP contribution < -0.4 is 0 Å². The molecule has 0 radical (unpaired) electrons. The molecule has 0 atom stereocenters. The third-order valence-corrected chi connectivity index (χ3v) is 0.856. The summed E-state index contributed by atoms with van der Waals surface area (Å²) in [6.07, 6.45) is 7.22. The Hall–Kier alpha value is -1.20. The van der Waals surface area contributed by atoms with Gasteiger partial charge in [-0.1, -0.05) is 5.92 Å². The summed E-state index contributed by atoms with van der Waals surface area (Å²) in [5.41, 5.74) is 0. The second-order valence-electron chi connectivity index (χ2n) is 1.46. The molecule has 0 amide bonds. The van der Waals surface area contributed by atoms with E-state index in [0.717, 1.165) is 12.9 Å². The van der Waals surface area contributed by atoms with E-state index in [1.807, 2.05) is 12.1 Å². The first-order valence-corrected chi connectivity index (χ1v) is 2.84. The van der Waals surface area contributed by atoms with Gasteiger partial charge in [-0.15, -0.1) is 6.42 Å². The minimum atomic E-state index is 0.590. The molecule has 0 aromatic carbocycles. The number of furan rings is 1. The van der Waals surface area contributed by atoms with Crippen molar-refractivity contribution < 1.29 is 9.52 Å². The molecule has 0 bridgehead atoms. The van der Waals surface area contributed by atoms with Crippen LogP contribution >= 0.6 is 0 Å². The Morgan fingerprint density at radius 2 is 2.40 bits per heavy atom. The van der Waals surface area contributed by atoms with Crippen molar-refractivity contribution in [2.75, 3.05) is 7.11 Å². The van der Waals surface area contributed by atoms with Crippen LogP contribution in [0.15, 0.2) is 22.8 Å². The van der Waals surface area contributed by atoms with Gasteiger partial charge in [-0.05, 0) is 12.1 Å². The van der Waals surface area contributed by atoms with E-state index < -0.39 is 0 Å². The highest BCUT2D eigenvalue weighted by Crippen LogP contribution is 1.98. The number of hydrogen-bond acceptors (Lipinski definition) is 2. The third kappa shape index (κ3) is 2.95. The quantitative estimate of drug-likeness (QED) is 0.589. The van der Waals surface area contributed by atoms with Gasteiger partial charge in [0.1, 0.15) is 5.76 Å². The average molecular weight is 138 g/mol. The van der Waals surface area contributed by atoms with Crippen LogP contribution in [-0.2, 0) is 6.42 Å². The summed E-state index contributed by atoms with van der Waals surface area (Å²) in [6, 6.07) is 3.69. The predicted octanol–water partition coefficient (Wildman–Crippen LogP) is 1.06. The van der Waals surface area contributed by atoms with Crippen LogP contribution in [0.2, 0.25) is 0 Å². The maximum Gasteiger partial charge on any atom is 0.115 e. The lowest BCUT2D eigenvalue weighted by atomic mass is 10.3. The Bertz CT molecular complexity index is 182. The molecule has 0 fully saturated rings. The zero-order valence-corrected chi connectivity index (χ0v) is 5.87. The van der Waals surface area contributed by atoms with Gasteiger partial charge in [-0.25, -0.2) is 0 Å². The zero-order chi connectivity index (χ0) is 7.82. The molecule has 2 heteroatoms. The molecule has 2 nitrogen and oxygen atoms in total. The molecule has 0 spiro atoms. The fourth-order valence-corrected chi connectivity index (χ4v) is 0.514. The van der Waals surface area contributed by atoms with E-state index in [1.165, 1.54) is 0 Å². The van der Waals surface area contributed by atoms with E-state index in [0.29, 0.717) is 6.42 Å². The maximum atomic E-state index is 7.00. The van der Waals surface area contributed by atoms with Crippen molar-refractivity contribution in [1.29, 1.82) is 0 Å². The molecule has 0 aliphatic heterocycles. The summed E-state index contributed by atoms with van der Waals surface area (Å²) in [5, 5.41) is 7.00. The van der Waals surface area contributed by atoms with Crippen LogP contribution in [0.4, 0.5) is 0 Å². The monoisotopic (exact) mass is 138 g/mol. The largest absolute Gasteiger partial charge is 0.468 e. The van der Waals surface area contributed by atoms with E-state index in [4.69, 9.17) is 15.9 Å². The Labute approximate surface area is 60.5 Å². The second kappa shape index (κ2) is 5.93. The number of aliphatic hydroxyl groups is 1. The molecule has 0 saturated carbocycles. The normalized spacial score (nSPS) is 7.30. The molecule has 1 rings (SSSR count). The second-order valence-corrected chi connectivity index (χ2v) is 1.46. The van der Waals surface area contributed by atoms with Gasteiger partial charge in [-0.2, -0.15) is 0 Å². The number of aliphatic hydroxyl groups excluding tert-OH is 1. The van der Waals surface area contributed by atoms with Crippen LogP contribution in [0.1, 0.15) is 5.76 Å². The smallest absolute Gasteiger partial charge is 0.115 e. The van der Waals surface area contributed by atoms with Crippen molar-refractivity contribution in [3.05, 3.63) is 24.2 Å². The van der Waals surface area contributed by atoms with Crippen molar-refractivity contribution in [3.8, 4) is 12.3 Å². The highest BCUT2D eigenvalue weighted by Gasteiger charge is 1.87. The van der Waals surface area contributed by atoms with Gasteiger partial charge < -0.3 is 9.52 Å². The Morgan fingerprint density at radius 1 is 1.70 bits per heavy atom. The summed E-state index contributed by atoms with van der Waals surface area (Å²) >= 11 is 0. The lowest BCUT2D eigenvalue weighted by Crippen LogP contribution is -1.70. The van der Waals surface area contributed by atoms with Crippen LogP contribution in [0.5, 0.6) is 0 Å². The van der Waals surface area contributed by atoms with Gasteiger partial charge >= 0.3 is 0 Å². The van der Waals surface area contributed by atoms with Gasteiger partial charge in [0, 0.05) is 7.11 Å². The molecule has 1 heterocycles. The molecule has 1 aromatic heterocycles. The number of rotatable bonds is 1. The average Bonchev–Trinajstić information content (AvgIpc) is 2.46. The van der Waals surface area contributed by atoms with Gasteiger partial charge in [0.15, 0.2) is 0 Å². The van der Waals surface area contributed by atoms with Crippen LogP contribution in [0.25, 0.3) is 0 Å². The van der Waals surface area contributed by atoms with Crippen molar-refractivity contribution in [2.45, 2.75) is 6.42 Å². The van der Waals surface area contributed by atoms with Crippen LogP contribution in [-0.4, -0.2) is 12.2 Å². The topological polar surface area (TPSA) is 33.4 Å². The fraction of sp³-hybridized carbons (Fsp3) is 0.250. The van der Waals surface area contributed by atoms with Crippen molar-refractivity contribution >= 4 is 0 Å². The molecule has 1 aromatic rings. The summed E-state index contributed by atoms with van der Waals surface area (Å²) in [6.45, 7) is 0. The van der Waals surface area contributed by atoms with Gasteiger partial charge in [0.2, 0.25) is 0 Å². The minimum absolute atomic E-state index is 0.590. The summed E-state index contributed by atoms with van der Waals surface area (Å²) in [4.78, 5) is 0. The maximum absolute atomic E-state index is 7.00. The molecule has 0 unspecified atom stereocenters. The Balaban J connectivity index is 0.000000371. The van der Waals surface area contributed by atoms with E-state index >= 15 is 0 Å². The van der Waals surface area contributed by atoms with E-state index in [-0.39, 0.29) is 0 Å². The first-order valence-electron chi connectivity index (χ1n) is 2.84. The highest BCUT2D eigenvalue weighted by molar-refractivity contribution is 5.06. The zero-order valence-electron chi connectivity index (χ0n) is 5.87.